The van der Waals surface area contributed by atoms with Crippen LogP contribution in [0.3, 0.4) is 0 Å². The molecule has 4 aliphatic rings. The molecule has 0 radical (unpaired) electrons. The van der Waals surface area contributed by atoms with Crippen molar-refractivity contribution in [2.24, 2.45) is 0 Å². The van der Waals surface area contributed by atoms with Crippen LogP contribution < -0.4 is 14.7 Å². The van der Waals surface area contributed by atoms with E-state index in [1.807, 2.05) is 17.0 Å². The molecule has 2 aromatic rings. The second-order valence-corrected chi connectivity index (χ2v) is 12.0. The van der Waals surface area contributed by atoms with Gasteiger partial charge < -0.3 is 14.7 Å². The van der Waals surface area contributed by atoms with Crippen molar-refractivity contribution in [3.05, 3.63) is 35.4 Å². The minimum absolute atomic E-state index is 0.143. The Morgan fingerprint density at radius 2 is 1.57 bits per heavy atom. The minimum Gasteiger partial charge on any atom is -0.352 e. The van der Waals surface area contributed by atoms with E-state index in [0.717, 1.165) is 41.4 Å². The number of nitrogens with zero attached hydrogens (tertiary/aromatic N) is 6. The SMILES string of the molecule is CC1CCCCN1c1ccc(N2CCN(S(=O)(=O)c3cc4c5c(c3)CCN5C(=O)CC4)CC2)nn1. The predicted molar refractivity (Wildman–Crippen MR) is 134 cm³/mol. The molecule has 2 saturated heterocycles. The molecule has 0 bridgehead atoms. The number of anilines is 3. The normalized spacial score (nSPS) is 23.1. The molecule has 5 heterocycles. The molecule has 0 N–H and O–H groups in total. The molecule has 0 aliphatic carbocycles. The van der Waals surface area contributed by atoms with Crippen LogP contribution in [0, 0.1) is 0 Å². The van der Waals surface area contributed by atoms with Crippen molar-refractivity contribution < 1.29 is 13.2 Å². The van der Waals surface area contributed by atoms with Crippen LogP contribution in [0.4, 0.5) is 17.3 Å². The number of rotatable bonds is 4. The van der Waals surface area contributed by atoms with Crippen LogP contribution in [0.15, 0.2) is 29.2 Å². The van der Waals surface area contributed by atoms with Crippen LogP contribution in [0.1, 0.15) is 43.7 Å². The summed E-state index contributed by atoms with van der Waals surface area (Å²) in [5.41, 5.74) is 2.91. The van der Waals surface area contributed by atoms with Crippen LogP contribution >= 0.6 is 0 Å². The van der Waals surface area contributed by atoms with Crippen molar-refractivity contribution in [3.8, 4) is 0 Å². The van der Waals surface area contributed by atoms with Gasteiger partial charge in [0.05, 0.1) is 10.6 Å². The summed E-state index contributed by atoms with van der Waals surface area (Å²) in [7, 11) is -3.60. The van der Waals surface area contributed by atoms with Gasteiger partial charge in [-0.05, 0) is 74.4 Å². The van der Waals surface area contributed by atoms with Gasteiger partial charge in [0.2, 0.25) is 15.9 Å². The van der Waals surface area contributed by atoms with Crippen molar-refractivity contribution in [2.45, 2.75) is 56.4 Å². The van der Waals surface area contributed by atoms with E-state index in [0.29, 0.717) is 56.5 Å². The molecule has 35 heavy (non-hydrogen) atoms. The van der Waals surface area contributed by atoms with Gasteiger partial charge in [-0.15, -0.1) is 10.2 Å². The number of benzene rings is 1. The number of carbonyl (C=O) groups excluding carboxylic acids is 1. The Balaban J connectivity index is 1.15. The summed E-state index contributed by atoms with van der Waals surface area (Å²) in [5.74, 6) is 1.86. The lowest BCUT2D eigenvalue weighted by atomic mass is 10.00. The lowest BCUT2D eigenvalue weighted by Crippen LogP contribution is -2.49. The zero-order valence-electron chi connectivity index (χ0n) is 20.2. The summed E-state index contributed by atoms with van der Waals surface area (Å²) >= 11 is 0. The number of piperidine rings is 1. The van der Waals surface area contributed by atoms with E-state index in [9.17, 15) is 13.2 Å². The third kappa shape index (κ3) is 3.96. The quantitative estimate of drug-likeness (QED) is 0.641. The summed E-state index contributed by atoms with van der Waals surface area (Å²) in [6.07, 6.45) is 5.41. The molecular weight excluding hydrogens is 464 g/mol. The third-order valence-electron chi connectivity index (χ3n) is 7.96. The summed E-state index contributed by atoms with van der Waals surface area (Å²) in [4.78, 5) is 18.8. The predicted octanol–water partition coefficient (Wildman–Crippen LogP) is 2.20. The summed E-state index contributed by atoms with van der Waals surface area (Å²) in [6, 6.07) is 8.10. The first kappa shape index (κ1) is 22.7. The Kier molecular flexibility index (Phi) is 5.68. The third-order valence-corrected chi connectivity index (χ3v) is 9.84. The first-order chi connectivity index (χ1) is 16.9. The highest BCUT2D eigenvalue weighted by atomic mass is 32.2. The summed E-state index contributed by atoms with van der Waals surface area (Å²) in [5, 5.41) is 8.96. The van der Waals surface area contributed by atoms with E-state index in [4.69, 9.17) is 0 Å². The Bertz CT molecular complexity index is 1240. The van der Waals surface area contributed by atoms with E-state index in [-0.39, 0.29) is 5.91 Å². The van der Waals surface area contributed by atoms with Crippen LogP contribution in [0.25, 0.3) is 0 Å². The molecular formula is C25H32N6O3S. The highest BCUT2D eigenvalue weighted by Crippen LogP contribution is 2.39. The minimum atomic E-state index is -3.60. The molecule has 10 heteroatoms. The molecule has 4 aliphatic heterocycles. The van der Waals surface area contributed by atoms with Crippen LogP contribution in [0.5, 0.6) is 0 Å². The number of amides is 1. The van der Waals surface area contributed by atoms with Gasteiger partial charge in [-0.1, -0.05) is 0 Å². The molecule has 6 rings (SSSR count). The molecule has 0 spiro atoms. The summed E-state index contributed by atoms with van der Waals surface area (Å²) < 4.78 is 28.6. The molecule has 186 valence electrons. The van der Waals surface area contributed by atoms with Gasteiger partial charge in [-0.25, -0.2) is 8.42 Å². The van der Waals surface area contributed by atoms with E-state index >= 15 is 0 Å². The average Bonchev–Trinajstić information content (AvgIpc) is 3.32. The Hall–Kier alpha value is -2.72. The summed E-state index contributed by atoms with van der Waals surface area (Å²) in [6.45, 7) is 5.88. The van der Waals surface area contributed by atoms with Crippen molar-refractivity contribution >= 4 is 33.3 Å². The van der Waals surface area contributed by atoms with Gasteiger partial charge in [0.15, 0.2) is 11.6 Å². The fourth-order valence-electron chi connectivity index (χ4n) is 5.96. The van der Waals surface area contributed by atoms with E-state index in [1.165, 1.54) is 19.3 Å². The second-order valence-electron chi connectivity index (χ2n) is 10.1. The number of hydrogen-bond acceptors (Lipinski definition) is 7. The maximum absolute atomic E-state index is 13.5. The second kappa shape index (κ2) is 8.74. The van der Waals surface area contributed by atoms with Gasteiger partial charge in [-0.2, -0.15) is 4.31 Å². The number of sulfonamides is 1. The maximum atomic E-state index is 13.5. The number of hydrogen-bond donors (Lipinski definition) is 0. The van der Waals surface area contributed by atoms with Gasteiger partial charge in [0.1, 0.15) is 0 Å². The number of aryl methyl sites for hydroxylation is 1. The monoisotopic (exact) mass is 496 g/mol. The fraction of sp³-hybridized carbons (Fsp3) is 0.560. The number of aromatic nitrogens is 2. The highest BCUT2D eigenvalue weighted by Gasteiger charge is 2.35. The lowest BCUT2D eigenvalue weighted by Gasteiger charge is -2.36. The van der Waals surface area contributed by atoms with E-state index in [2.05, 4.69) is 26.9 Å². The molecule has 1 amide bonds. The van der Waals surface area contributed by atoms with E-state index < -0.39 is 10.0 Å². The first-order valence-corrected chi connectivity index (χ1v) is 14.2. The zero-order chi connectivity index (χ0) is 24.2. The highest BCUT2D eigenvalue weighted by molar-refractivity contribution is 7.89. The molecule has 1 aromatic heterocycles. The largest absolute Gasteiger partial charge is 0.352 e. The van der Waals surface area contributed by atoms with Gasteiger partial charge in [-0.3, -0.25) is 4.79 Å². The van der Waals surface area contributed by atoms with Gasteiger partial charge >= 0.3 is 0 Å². The molecule has 1 aromatic carbocycles. The maximum Gasteiger partial charge on any atom is 0.243 e. The van der Waals surface area contributed by atoms with E-state index in [1.54, 1.807) is 16.4 Å². The van der Waals surface area contributed by atoms with Crippen LogP contribution in [0.2, 0.25) is 0 Å². The standard InChI is InChI=1S/C25H32N6O3S/c1-18-4-2-3-10-30(18)23-7-6-22(26-27-23)28-12-14-29(15-13-28)35(33,34)21-16-19-5-8-24(32)31-11-9-20(17-21)25(19)31/h6-7,16-18H,2-5,8-15H2,1H3. The Morgan fingerprint density at radius 1 is 0.857 bits per heavy atom. The zero-order valence-corrected chi connectivity index (χ0v) is 21.0. The van der Waals surface area contributed by atoms with Gasteiger partial charge in [0.25, 0.3) is 0 Å². The van der Waals surface area contributed by atoms with Crippen LogP contribution in [-0.2, 0) is 27.7 Å². The fourth-order valence-corrected chi connectivity index (χ4v) is 7.48. The van der Waals surface area contributed by atoms with Crippen LogP contribution in [-0.4, -0.2) is 74.1 Å². The van der Waals surface area contributed by atoms with Gasteiger partial charge in [0, 0.05) is 51.7 Å². The number of carbonyl (C=O) groups is 1. The lowest BCUT2D eigenvalue weighted by molar-refractivity contribution is -0.118. The topological polar surface area (TPSA) is 90.0 Å². The Morgan fingerprint density at radius 3 is 2.29 bits per heavy atom. The molecule has 2 fully saturated rings. The molecule has 1 atom stereocenters. The first-order valence-electron chi connectivity index (χ1n) is 12.7. The van der Waals surface area contributed by atoms with Crippen molar-refractivity contribution in [1.29, 1.82) is 0 Å². The average molecular weight is 497 g/mol. The molecule has 1 unspecified atom stereocenters. The molecule has 9 nitrogen and oxygen atoms in total. The van der Waals surface area contributed by atoms with Crippen molar-refractivity contribution in [2.75, 3.05) is 54.0 Å². The Labute approximate surface area is 206 Å². The van der Waals surface area contributed by atoms with Crippen molar-refractivity contribution in [1.82, 2.24) is 14.5 Å². The molecule has 0 saturated carbocycles. The smallest absolute Gasteiger partial charge is 0.243 e. The number of piperazine rings is 1. The van der Waals surface area contributed by atoms with Crippen molar-refractivity contribution in [3.63, 3.8) is 0 Å².